The highest BCUT2D eigenvalue weighted by Gasteiger charge is 2.36. The molecule has 0 radical (unpaired) electrons. The van der Waals surface area contributed by atoms with E-state index in [1.54, 1.807) is 19.4 Å². The summed E-state index contributed by atoms with van der Waals surface area (Å²) in [6, 6.07) is 9.41. The maximum absolute atomic E-state index is 13.9. The van der Waals surface area contributed by atoms with E-state index in [-0.39, 0.29) is 23.8 Å². The van der Waals surface area contributed by atoms with Gasteiger partial charge in [-0.05, 0) is 80.0 Å². The first kappa shape index (κ1) is 30.5. The first-order chi connectivity index (χ1) is 20.8. The van der Waals surface area contributed by atoms with Crippen LogP contribution in [-0.2, 0) is 11.2 Å². The molecule has 43 heavy (non-hydrogen) atoms. The average molecular weight is 588 g/mol. The summed E-state index contributed by atoms with van der Waals surface area (Å²) in [6.45, 7) is 4.65. The third kappa shape index (κ3) is 6.99. The van der Waals surface area contributed by atoms with Crippen molar-refractivity contribution >= 4 is 22.7 Å². The molecule has 2 aliphatic rings. The number of aliphatic hydroxyl groups excluding tert-OH is 1. The number of nitrogens with zero attached hydrogens (tertiary/aromatic N) is 2. The van der Waals surface area contributed by atoms with Crippen molar-refractivity contribution in [1.29, 1.82) is 5.26 Å². The van der Waals surface area contributed by atoms with E-state index in [0.29, 0.717) is 30.8 Å². The van der Waals surface area contributed by atoms with E-state index in [4.69, 9.17) is 4.74 Å². The fourth-order valence-corrected chi connectivity index (χ4v) is 6.31. The monoisotopic (exact) mass is 587 g/mol. The van der Waals surface area contributed by atoms with Crippen LogP contribution in [0, 0.1) is 23.2 Å². The molecule has 1 aromatic carbocycles. The summed E-state index contributed by atoms with van der Waals surface area (Å²) in [5, 5.41) is 34.1. The van der Waals surface area contributed by atoms with E-state index >= 15 is 0 Å². The van der Waals surface area contributed by atoms with E-state index < -0.39 is 30.3 Å². The van der Waals surface area contributed by atoms with Crippen LogP contribution in [0.5, 0.6) is 5.75 Å². The van der Waals surface area contributed by atoms with E-state index in [0.717, 1.165) is 35.7 Å². The lowest BCUT2D eigenvalue weighted by Crippen LogP contribution is -2.56. The van der Waals surface area contributed by atoms with Gasteiger partial charge in [0, 0.05) is 35.3 Å². The van der Waals surface area contributed by atoms with Gasteiger partial charge in [0.05, 0.1) is 19.2 Å². The number of benzene rings is 1. The summed E-state index contributed by atoms with van der Waals surface area (Å²) in [4.78, 5) is 34.6. The number of methoxy groups -OCH3 is 1. The van der Waals surface area contributed by atoms with E-state index in [1.807, 2.05) is 44.3 Å². The van der Waals surface area contributed by atoms with Crippen LogP contribution < -0.4 is 26.0 Å². The molecule has 2 amide bonds. The summed E-state index contributed by atoms with van der Waals surface area (Å²) >= 11 is 0. The van der Waals surface area contributed by atoms with E-state index in [2.05, 4.69) is 37.3 Å². The second-order valence-electron chi connectivity index (χ2n) is 12.0. The molecule has 1 saturated heterocycles. The number of amides is 2. The van der Waals surface area contributed by atoms with Crippen molar-refractivity contribution in [3.8, 4) is 11.8 Å². The molecule has 6 N–H and O–H groups in total. The van der Waals surface area contributed by atoms with Gasteiger partial charge in [-0.25, -0.2) is 0 Å². The number of ether oxygens (including phenoxy) is 1. The Morgan fingerprint density at radius 2 is 2.07 bits per heavy atom. The molecule has 11 heteroatoms. The Morgan fingerprint density at radius 3 is 2.79 bits per heavy atom. The van der Waals surface area contributed by atoms with Crippen LogP contribution in [0.1, 0.15) is 67.2 Å². The van der Waals surface area contributed by atoms with Crippen molar-refractivity contribution in [3.05, 3.63) is 59.5 Å². The SMILES string of the molecule is COc1cccc2[nH]c(C(=O)NC(CC(C)C)C(=O)NC(CC3CCNC3O)C(C#N)NC3CCc4ccncc43)cc12. The Kier molecular flexibility index (Phi) is 9.60. The second-order valence-corrected chi connectivity index (χ2v) is 12.0. The van der Waals surface area contributed by atoms with Gasteiger partial charge in [0.15, 0.2) is 0 Å². The number of fused-ring (bicyclic) bond motifs is 2. The molecule has 1 aliphatic carbocycles. The van der Waals surface area contributed by atoms with Crippen LogP contribution in [0.2, 0.25) is 0 Å². The zero-order valence-electron chi connectivity index (χ0n) is 24.9. The number of aromatic nitrogens is 2. The van der Waals surface area contributed by atoms with Gasteiger partial charge < -0.3 is 25.5 Å². The molecule has 228 valence electrons. The number of nitriles is 1. The van der Waals surface area contributed by atoms with Gasteiger partial charge in [0.1, 0.15) is 29.8 Å². The van der Waals surface area contributed by atoms with E-state index in [9.17, 15) is 20.0 Å². The molecule has 3 aromatic rings. The molecule has 5 rings (SSSR count). The zero-order valence-corrected chi connectivity index (χ0v) is 24.9. The Bertz CT molecular complexity index is 1480. The molecule has 3 heterocycles. The number of pyridine rings is 1. The lowest BCUT2D eigenvalue weighted by Gasteiger charge is -2.31. The third-order valence-electron chi connectivity index (χ3n) is 8.56. The molecule has 0 bridgehead atoms. The standard InChI is InChI=1S/C32H41N7O4/c1-18(2)13-26(39-32(42)27-15-21-23(36-27)5-4-6-29(21)43-3)31(41)38-25(14-20-10-12-35-30(20)40)28(16-33)37-24-8-7-19-9-11-34-17-22(19)24/h4-6,9,11,15,17-18,20,24-26,28,30,35-37,40H,7-8,10,12-14H2,1-3H3,(H,38,41)(H,39,42). The Balaban J connectivity index is 1.35. The minimum Gasteiger partial charge on any atom is -0.496 e. The molecular weight excluding hydrogens is 546 g/mol. The topological polar surface area (TPSA) is 164 Å². The third-order valence-corrected chi connectivity index (χ3v) is 8.56. The smallest absolute Gasteiger partial charge is 0.268 e. The van der Waals surface area contributed by atoms with Crippen LogP contribution in [0.3, 0.4) is 0 Å². The zero-order chi connectivity index (χ0) is 30.5. The molecule has 1 aliphatic heterocycles. The summed E-state index contributed by atoms with van der Waals surface area (Å²) in [5.74, 6) is -0.135. The minimum atomic E-state index is -0.828. The van der Waals surface area contributed by atoms with Crippen molar-refractivity contribution in [3.63, 3.8) is 0 Å². The van der Waals surface area contributed by atoms with Crippen molar-refractivity contribution in [2.75, 3.05) is 13.7 Å². The molecular formula is C32H41N7O4. The lowest BCUT2D eigenvalue weighted by molar-refractivity contribution is -0.124. The van der Waals surface area contributed by atoms with E-state index in [1.165, 1.54) is 5.56 Å². The van der Waals surface area contributed by atoms with Crippen molar-refractivity contribution in [1.82, 2.24) is 31.2 Å². The largest absolute Gasteiger partial charge is 0.496 e. The molecule has 11 nitrogen and oxygen atoms in total. The highest BCUT2D eigenvalue weighted by atomic mass is 16.5. The fraction of sp³-hybridized carbons (Fsp3) is 0.500. The van der Waals surface area contributed by atoms with Gasteiger partial charge in [0.25, 0.3) is 5.91 Å². The number of nitrogens with one attached hydrogen (secondary N) is 5. The summed E-state index contributed by atoms with van der Waals surface area (Å²) in [5.41, 5.74) is 3.34. The number of aromatic amines is 1. The fourth-order valence-electron chi connectivity index (χ4n) is 6.31. The molecule has 6 atom stereocenters. The first-order valence-electron chi connectivity index (χ1n) is 15.0. The maximum Gasteiger partial charge on any atom is 0.268 e. The predicted molar refractivity (Wildman–Crippen MR) is 162 cm³/mol. The van der Waals surface area contributed by atoms with Crippen LogP contribution in [0.25, 0.3) is 10.9 Å². The molecule has 1 fully saturated rings. The van der Waals surface area contributed by atoms with Gasteiger partial charge in [-0.1, -0.05) is 19.9 Å². The number of hydrogen-bond donors (Lipinski definition) is 6. The van der Waals surface area contributed by atoms with Gasteiger partial charge in [-0.3, -0.25) is 25.2 Å². The van der Waals surface area contributed by atoms with Gasteiger partial charge in [-0.2, -0.15) is 5.26 Å². The number of hydrogen-bond acceptors (Lipinski definition) is 8. The highest BCUT2D eigenvalue weighted by molar-refractivity contribution is 6.01. The summed E-state index contributed by atoms with van der Waals surface area (Å²) < 4.78 is 5.42. The Hall–Kier alpha value is -3.98. The average Bonchev–Trinajstić information content (AvgIpc) is 3.73. The van der Waals surface area contributed by atoms with Crippen LogP contribution >= 0.6 is 0 Å². The van der Waals surface area contributed by atoms with Crippen molar-refractivity contribution in [2.45, 2.75) is 76.3 Å². The highest BCUT2D eigenvalue weighted by Crippen LogP contribution is 2.31. The van der Waals surface area contributed by atoms with Crippen LogP contribution in [0.15, 0.2) is 42.7 Å². The summed E-state index contributed by atoms with van der Waals surface area (Å²) in [6.07, 6.45) is 6.16. The van der Waals surface area contributed by atoms with Crippen LogP contribution in [-0.4, -0.2) is 64.9 Å². The number of H-pyrrole nitrogens is 1. The molecule has 2 aromatic heterocycles. The van der Waals surface area contributed by atoms with Crippen molar-refractivity contribution < 1.29 is 19.4 Å². The predicted octanol–water partition coefficient (Wildman–Crippen LogP) is 2.69. The molecule has 6 unspecified atom stereocenters. The Labute approximate surface area is 251 Å². The first-order valence-corrected chi connectivity index (χ1v) is 15.0. The molecule has 0 saturated carbocycles. The molecule has 0 spiro atoms. The van der Waals surface area contributed by atoms with Gasteiger partial charge in [0.2, 0.25) is 5.91 Å². The normalized spacial score (nSPS) is 21.6. The minimum absolute atomic E-state index is 0.0652. The number of aryl methyl sites for hydroxylation is 1. The number of carbonyl (C=O) groups excluding carboxylic acids is 2. The number of aliphatic hydroxyl groups is 1. The summed E-state index contributed by atoms with van der Waals surface area (Å²) in [7, 11) is 1.58. The van der Waals surface area contributed by atoms with Crippen molar-refractivity contribution in [2.24, 2.45) is 11.8 Å². The van der Waals surface area contributed by atoms with Gasteiger partial charge in [-0.15, -0.1) is 0 Å². The second kappa shape index (κ2) is 13.5. The maximum atomic E-state index is 13.9. The Morgan fingerprint density at radius 1 is 1.23 bits per heavy atom. The number of carbonyl (C=O) groups is 2. The van der Waals surface area contributed by atoms with Gasteiger partial charge >= 0.3 is 0 Å². The lowest BCUT2D eigenvalue weighted by atomic mass is 9.92. The quantitative estimate of drug-likeness (QED) is 0.188. The van der Waals surface area contributed by atoms with Crippen LogP contribution in [0.4, 0.5) is 0 Å². The number of rotatable bonds is 12.